The average molecular weight is 195 g/mol. The minimum atomic E-state index is -0.788. The van der Waals surface area contributed by atoms with Gasteiger partial charge in [0, 0.05) is 7.05 Å². The Morgan fingerprint density at radius 3 is 2.93 bits per heavy atom. The van der Waals surface area contributed by atoms with Crippen molar-refractivity contribution in [3.8, 4) is 0 Å². The maximum Gasteiger partial charge on any atom is 0.117 e. The summed E-state index contributed by atoms with van der Waals surface area (Å²) in [5.41, 5.74) is 1.08. The van der Waals surface area contributed by atoms with Crippen LogP contribution in [0.3, 0.4) is 0 Å². The van der Waals surface area contributed by atoms with Crippen molar-refractivity contribution in [1.82, 2.24) is 15.0 Å². The van der Waals surface area contributed by atoms with Gasteiger partial charge >= 0.3 is 0 Å². The number of fused-ring (bicyclic) bond motifs is 1. The third-order valence-corrected chi connectivity index (χ3v) is 3.03. The normalized spacial score (nSPS) is 27.9. The fraction of sp³-hybridized carbons (Fsp3) is 0.800. The van der Waals surface area contributed by atoms with Crippen molar-refractivity contribution in [2.45, 2.75) is 44.6 Å². The summed E-state index contributed by atoms with van der Waals surface area (Å²) in [5.74, 6) is 0. The molecule has 2 rings (SSSR count). The molecule has 1 heterocycles. The van der Waals surface area contributed by atoms with Crippen molar-refractivity contribution in [2.24, 2.45) is 7.05 Å². The first kappa shape index (κ1) is 9.65. The molecule has 0 fully saturated rings. The minimum Gasteiger partial charge on any atom is -0.384 e. The van der Waals surface area contributed by atoms with E-state index in [0.717, 1.165) is 30.7 Å². The fourth-order valence-corrected chi connectivity index (χ4v) is 2.13. The van der Waals surface area contributed by atoms with Gasteiger partial charge in [0.2, 0.25) is 0 Å². The van der Waals surface area contributed by atoms with E-state index in [0.29, 0.717) is 0 Å². The summed E-state index contributed by atoms with van der Waals surface area (Å²) in [4.78, 5) is 0. The Morgan fingerprint density at radius 2 is 2.14 bits per heavy atom. The number of hydrogen-bond acceptors (Lipinski definition) is 3. The van der Waals surface area contributed by atoms with Crippen LogP contribution >= 0.6 is 0 Å². The predicted octanol–water partition coefficient (Wildman–Crippen LogP) is 1.14. The molecule has 0 bridgehead atoms. The van der Waals surface area contributed by atoms with Crippen LogP contribution in [-0.2, 0) is 19.1 Å². The fourth-order valence-electron chi connectivity index (χ4n) is 2.13. The molecule has 0 saturated heterocycles. The van der Waals surface area contributed by atoms with Gasteiger partial charge in [-0.2, -0.15) is 0 Å². The summed E-state index contributed by atoms with van der Waals surface area (Å²) in [5, 5.41) is 18.3. The van der Waals surface area contributed by atoms with Crippen LogP contribution in [0, 0.1) is 0 Å². The lowest BCUT2D eigenvalue weighted by molar-refractivity contribution is 0.0377. The zero-order valence-electron chi connectivity index (χ0n) is 8.82. The van der Waals surface area contributed by atoms with Crippen molar-refractivity contribution in [3.63, 3.8) is 0 Å². The third-order valence-electron chi connectivity index (χ3n) is 3.03. The number of aryl methyl sites for hydroxylation is 1. The molecule has 1 atom stereocenters. The molecule has 14 heavy (non-hydrogen) atoms. The highest BCUT2D eigenvalue weighted by Gasteiger charge is 2.31. The van der Waals surface area contributed by atoms with Crippen LogP contribution in [0.15, 0.2) is 0 Å². The Morgan fingerprint density at radius 1 is 1.36 bits per heavy atom. The third kappa shape index (κ3) is 1.54. The Labute approximate surface area is 83.9 Å². The molecule has 0 amide bonds. The molecule has 1 aromatic rings. The molecule has 78 valence electrons. The first-order valence-corrected chi connectivity index (χ1v) is 5.23. The molecule has 0 saturated carbocycles. The molecule has 4 heteroatoms. The lowest BCUT2D eigenvalue weighted by atomic mass is 9.89. The number of aliphatic hydroxyl groups is 1. The smallest absolute Gasteiger partial charge is 0.117 e. The first-order chi connectivity index (χ1) is 6.61. The standard InChI is InChI=1S/C10H17N3O/c1-10(14)7-5-3-4-6-8-9(10)11-12-13(8)2/h14H,3-7H2,1-2H3. The van der Waals surface area contributed by atoms with E-state index in [1.165, 1.54) is 12.8 Å². The van der Waals surface area contributed by atoms with Gasteiger partial charge in [0.05, 0.1) is 5.69 Å². The predicted molar refractivity (Wildman–Crippen MR) is 52.7 cm³/mol. The molecular formula is C10H17N3O. The molecule has 4 nitrogen and oxygen atoms in total. The monoisotopic (exact) mass is 195 g/mol. The zero-order valence-corrected chi connectivity index (χ0v) is 8.82. The second-order valence-corrected chi connectivity index (χ2v) is 4.34. The maximum atomic E-state index is 10.2. The zero-order chi connectivity index (χ0) is 10.2. The van der Waals surface area contributed by atoms with Gasteiger partial charge in [-0.05, 0) is 26.2 Å². The second kappa shape index (κ2) is 3.35. The van der Waals surface area contributed by atoms with Crippen molar-refractivity contribution >= 4 is 0 Å². The Hall–Kier alpha value is -0.900. The maximum absolute atomic E-state index is 10.2. The van der Waals surface area contributed by atoms with Crippen LogP contribution < -0.4 is 0 Å². The lowest BCUT2D eigenvalue weighted by Crippen LogP contribution is -2.25. The van der Waals surface area contributed by atoms with Crippen LogP contribution in [0.25, 0.3) is 0 Å². The number of rotatable bonds is 0. The summed E-state index contributed by atoms with van der Waals surface area (Å²) in [6.07, 6.45) is 5.20. The van der Waals surface area contributed by atoms with E-state index in [9.17, 15) is 5.11 Å². The Bertz CT molecular complexity index is 330. The number of aromatic nitrogens is 3. The van der Waals surface area contributed by atoms with Gasteiger partial charge in [-0.1, -0.05) is 18.1 Å². The van der Waals surface area contributed by atoms with Crippen molar-refractivity contribution in [1.29, 1.82) is 0 Å². The Balaban J connectivity index is 2.43. The summed E-state index contributed by atoms with van der Waals surface area (Å²) in [6.45, 7) is 1.84. The summed E-state index contributed by atoms with van der Waals surface area (Å²) in [6, 6.07) is 0. The molecular weight excluding hydrogens is 178 g/mol. The molecule has 1 aliphatic rings. The highest BCUT2D eigenvalue weighted by molar-refractivity contribution is 5.18. The number of nitrogens with zero attached hydrogens (tertiary/aromatic N) is 3. The summed E-state index contributed by atoms with van der Waals surface area (Å²) >= 11 is 0. The van der Waals surface area contributed by atoms with Crippen LogP contribution in [0.1, 0.15) is 44.0 Å². The number of hydrogen-bond donors (Lipinski definition) is 1. The largest absolute Gasteiger partial charge is 0.384 e. The van der Waals surface area contributed by atoms with Gasteiger partial charge in [-0.25, -0.2) is 0 Å². The van der Waals surface area contributed by atoms with Crippen molar-refractivity contribution < 1.29 is 5.11 Å². The molecule has 0 aliphatic heterocycles. The molecule has 0 aromatic carbocycles. The van der Waals surface area contributed by atoms with Gasteiger partial charge < -0.3 is 5.11 Å². The summed E-state index contributed by atoms with van der Waals surface area (Å²) in [7, 11) is 1.89. The molecule has 1 N–H and O–H groups in total. The van der Waals surface area contributed by atoms with Crippen molar-refractivity contribution in [3.05, 3.63) is 11.4 Å². The lowest BCUT2D eigenvalue weighted by Gasteiger charge is -2.24. The SMILES string of the molecule is Cn1nnc2c1CCCCCC2(C)O. The average Bonchev–Trinajstić information content (AvgIpc) is 2.45. The molecule has 0 spiro atoms. The Kier molecular flexibility index (Phi) is 2.31. The van der Waals surface area contributed by atoms with E-state index in [-0.39, 0.29) is 0 Å². The van der Waals surface area contributed by atoms with Gasteiger partial charge in [0.25, 0.3) is 0 Å². The highest BCUT2D eigenvalue weighted by Crippen LogP contribution is 2.30. The van der Waals surface area contributed by atoms with Crippen molar-refractivity contribution in [2.75, 3.05) is 0 Å². The van der Waals surface area contributed by atoms with E-state index < -0.39 is 5.60 Å². The van der Waals surface area contributed by atoms with Crippen LogP contribution in [0.2, 0.25) is 0 Å². The van der Waals surface area contributed by atoms with Crippen LogP contribution in [-0.4, -0.2) is 20.1 Å². The van der Waals surface area contributed by atoms with E-state index in [1.807, 2.05) is 14.0 Å². The van der Waals surface area contributed by atoms with E-state index in [2.05, 4.69) is 10.3 Å². The quantitative estimate of drug-likeness (QED) is 0.675. The second-order valence-electron chi connectivity index (χ2n) is 4.34. The van der Waals surface area contributed by atoms with E-state index >= 15 is 0 Å². The van der Waals surface area contributed by atoms with E-state index in [4.69, 9.17) is 0 Å². The first-order valence-electron chi connectivity index (χ1n) is 5.23. The highest BCUT2D eigenvalue weighted by atomic mass is 16.3. The molecule has 1 aromatic heterocycles. The van der Waals surface area contributed by atoms with Crippen LogP contribution in [0.5, 0.6) is 0 Å². The van der Waals surface area contributed by atoms with Gasteiger partial charge in [-0.15, -0.1) is 5.10 Å². The van der Waals surface area contributed by atoms with E-state index in [1.54, 1.807) is 4.68 Å². The van der Waals surface area contributed by atoms with Crippen LogP contribution in [0.4, 0.5) is 0 Å². The van der Waals surface area contributed by atoms with Gasteiger partial charge in [0.1, 0.15) is 11.3 Å². The topological polar surface area (TPSA) is 50.9 Å². The minimum absolute atomic E-state index is 0.778. The van der Waals surface area contributed by atoms with Gasteiger partial charge in [-0.3, -0.25) is 4.68 Å². The molecule has 0 radical (unpaired) electrons. The molecule has 1 unspecified atom stereocenters. The summed E-state index contributed by atoms with van der Waals surface area (Å²) < 4.78 is 1.79. The van der Waals surface area contributed by atoms with Gasteiger partial charge in [0.15, 0.2) is 0 Å². The molecule has 1 aliphatic carbocycles.